The Balaban J connectivity index is 1.77. The highest BCUT2D eigenvalue weighted by molar-refractivity contribution is 8.12. The third-order valence-electron chi connectivity index (χ3n) is 7.71. The molecule has 4 atom stereocenters. The number of thioether (sulfide) groups is 2. The summed E-state index contributed by atoms with van der Waals surface area (Å²) in [5.41, 5.74) is 7.48. The van der Waals surface area contributed by atoms with Crippen molar-refractivity contribution in [3.05, 3.63) is 88.5 Å². The first-order valence-electron chi connectivity index (χ1n) is 11.8. The Bertz CT molecular complexity index is 1110. The molecule has 2 aromatic carbocycles. The average Bonchev–Trinajstić information content (AvgIpc) is 3.13. The molecule has 0 unspecified atom stereocenters. The summed E-state index contributed by atoms with van der Waals surface area (Å²) in [5.74, 6) is 0.522. The zero-order chi connectivity index (χ0) is 23.1. The zero-order valence-corrected chi connectivity index (χ0v) is 22.4. The van der Waals surface area contributed by atoms with Gasteiger partial charge in [0.1, 0.15) is 0 Å². The van der Waals surface area contributed by atoms with Crippen LogP contribution in [0.2, 0.25) is 0 Å². The fourth-order valence-corrected chi connectivity index (χ4v) is 10.3. The highest BCUT2D eigenvalue weighted by Crippen LogP contribution is 2.78. The molecule has 5 rings (SSSR count). The monoisotopic (exact) mass is 460 g/mol. The molecule has 0 radical (unpaired) electrons. The highest BCUT2D eigenvalue weighted by Gasteiger charge is 2.71. The van der Waals surface area contributed by atoms with Crippen LogP contribution in [0, 0.1) is 30.6 Å². The van der Waals surface area contributed by atoms with E-state index < -0.39 is 0 Å². The van der Waals surface area contributed by atoms with Crippen molar-refractivity contribution in [1.82, 2.24) is 0 Å². The van der Waals surface area contributed by atoms with Gasteiger partial charge in [0.2, 0.25) is 0 Å². The van der Waals surface area contributed by atoms with Crippen LogP contribution < -0.4 is 0 Å². The van der Waals surface area contributed by atoms with Crippen LogP contribution in [0.15, 0.2) is 66.3 Å². The summed E-state index contributed by atoms with van der Waals surface area (Å²) in [4.78, 5) is 1.45. The molecule has 0 amide bonds. The van der Waals surface area contributed by atoms with Gasteiger partial charge in [-0.1, -0.05) is 113 Å². The van der Waals surface area contributed by atoms with Crippen LogP contribution in [0.4, 0.5) is 0 Å². The predicted octanol–water partition coefficient (Wildman–Crippen LogP) is 8.79. The molecular weight excluding hydrogens is 424 g/mol. The number of rotatable bonds is 2. The van der Waals surface area contributed by atoms with Crippen LogP contribution in [-0.2, 0) is 4.75 Å². The second kappa shape index (κ2) is 7.06. The summed E-state index contributed by atoms with van der Waals surface area (Å²) in [7, 11) is 0. The SMILES string of the molecule is Cc1ccc(C2=C[C@@]3(c4ccc(C)cc4)S[C@]4(C(C)(C)C)C=C(C(C)(C)C)[C@H]3[C@@H]4S2)cc1. The minimum Gasteiger partial charge on any atom is -0.133 e. The van der Waals surface area contributed by atoms with Gasteiger partial charge in [0.05, 0.1) is 9.49 Å². The van der Waals surface area contributed by atoms with Gasteiger partial charge >= 0.3 is 0 Å². The highest BCUT2D eigenvalue weighted by atomic mass is 32.2. The molecule has 4 bridgehead atoms. The maximum absolute atomic E-state index is 2.71. The Hall–Kier alpha value is -1.38. The molecule has 3 aliphatic rings. The topological polar surface area (TPSA) is 0 Å². The molecule has 2 heteroatoms. The molecule has 0 aromatic heterocycles. The van der Waals surface area contributed by atoms with E-state index in [0.29, 0.717) is 11.2 Å². The first kappa shape index (κ1) is 22.4. The van der Waals surface area contributed by atoms with E-state index in [1.165, 1.54) is 27.2 Å². The Morgan fingerprint density at radius 2 is 1.31 bits per heavy atom. The number of aryl methyl sites for hydroxylation is 2. The van der Waals surface area contributed by atoms with E-state index in [2.05, 4.69) is 140 Å². The molecule has 168 valence electrons. The van der Waals surface area contributed by atoms with E-state index in [4.69, 9.17) is 0 Å². The van der Waals surface area contributed by atoms with Gasteiger partial charge in [-0.2, -0.15) is 0 Å². The summed E-state index contributed by atoms with van der Waals surface area (Å²) in [6.45, 7) is 19.0. The van der Waals surface area contributed by atoms with Crippen LogP contribution in [0.25, 0.3) is 4.91 Å². The lowest BCUT2D eigenvalue weighted by molar-refractivity contribution is 0.321. The van der Waals surface area contributed by atoms with E-state index in [9.17, 15) is 0 Å². The van der Waals surface area contributed by atoms with Crippen LogP contribution in [0.1, 0.15) is 63.8 Å². The molecule has 32 heavy (non-hydrogen) atoms. The lowest BCUT2D eigenvalue weighted by Crippen LogP contribution is -2.42. The molecule has 2 aromatic rings. The fraction of sp³-hybridized carbons (Fsp3) is 0.467. The van der Waals surface area contributed by atoms with Crippen molar-refractivity contribution < 1.29 is 0 Å². The van der Waals surface area contributed by atoms with Gasteiger partial charge in [0.15, 0.2) is 0 Å². The van der Waals surface area contributed by atoms with E-state index in [1.807, 2.05) is 0 Å². The Morgan fingerprint density at radius 3 is 1.84 bits per heavy atom. The molecule has 1 aliphatic carbocycles. The molecule has 0 N–H and O–H groups in total. The summed E-state index contributed by atoms with van der Waals surface area (Å²) in [5, 5.41) is 0.546. The maximum atomic E-state index is 2.71. The minimum absolute atomic E-state index is 0.0194. The first-order chi connectivity index (χ1) is 14.9. The average molecular weight is 461 g/mol. The first-order valence-corrected chi connectivity index (χ1v) is 13.5. The maximum Gasteiger partial charge on any atom is 0.0687 e. The molecule has 0 nitrogen and oxygen atoms in total. The van der Waals surface area contributed by atoms with Gasteiger partial charge in [-0.15, -0.1) is 23.5 Å². The van der Waals surface area contributed by atoms with Crippen molar-refractivity contribution in [2.24, 2.45) is 16.7 Å². The van der Waals surface area contributed by atoms with E-state index in [1.54, 1.807) is 5.57 Å². The normalized spacial score (nSPS) is 31.5. The lowest BCUT2D eigenvalue weighted by atomic mass is 9.71. The molecule has 2 heterocycles. The van der Waals surface area contributed by atoms with Gasteiger partial charge in [-0.3, -0.25) is 0 Å². The van der Waals surface area contributed by atoms with Gasteiger partial charge in [-0.05, 0) is 41.9 Å². The zero-order valence-electron chi connectivity index (χ0n) is 20.7. The fourth-order valence-electron chi connectivity index (χ4n) is 5.82. The van der Waals surface area contributed by atoms with Crippen LogP contribution >= 0.6 is 23.5 Å². The third-order valence-corrected chi connectivity index (χ3v) is 11.6. The summed E-state index contributed by atoms with van der Waals surface area (Å²) < 4.78 is 0.0905. The quantitative estimate of drug-likeness (QED) is 0.411. The van der Waals surface area contributed by atoms with Crippen molar-refractivity contribution in [3.63, 3.8) is 0 Å². The van der Waals surface area contributed by atoms with Gasteiger partial charge in [0.25, 0.3) is 0 Å². The van der Waals surface area contributed by atoms with Crippen LogP contribution in [0.5, 0.6) is 0 Å². The van der Waals surface area contributed by atoms with Crippen molar-refractivity contribution >= 4 is 28.4 Å². The second-order valence-corrected chi connectivity index (χ2v) is 14.8. The molecule has 1 fully saturated rings. The predicted molar refractivity (Wildman–Crippen MR) is 144 cm³/mol. The standard InChI is InChI=1S/C30H36S2/c1-19-9-13-21(14-10-19)24-18-29(22-15-11-20(2)12-16-22)25-23(27(3,4)5)17-30(32-29,26(25)31-24)28(6,7)8/h9-18,25-26H,1-8H3/t25-,26-,29-,30+/m0/s1. The summed E-state index contributed by atoms with van der Waals surface area (Å²) in [6.07, 6.45) is 5.35. The van der Waals surface area contributed by atoms with Gasteiger partial charge < -0.3 is 0 Å². The Labute approximate surface area is 203 Å². The second-order valence-electron chi connectivity index (χ2n) is 12.0. The minimum atomic E-state index is -0.0194. The smallest absolute Gasteiger partial charge is 0.0687 e. The van der Waals surface area contributed by atoms with Gasteiger partial charge in [0, 0.05) is 16.1 Å². The molecule has 0 saturated carbocycles. The van der Waals surface area contributed by atoms with Crippen molar-refractivity contribution in [1.29, 1.82) is 0 Å². The van der Waals surface area contributed by atoms with Crippen molar-refractivity contribution in [2.75, 3.05) is 0 Å². The Kier molecular flexibility index (Phi) is 4.95. The third kappa shape index (κ3) is 3.12. The number of hydrogen-bond acceptors (Lipinski definition) is 2. The molecular formula is C30H36S2. The lowest BCUT2D eigenvalue weighted by Gasteiger charge is -2.45. The van der Waals surface area contributed by atoms with Crippen molar-refractivity contribution in [2.45, 2.75) is 70.1 Å². The van der Waals surface area contributed by atoms with E-state index in [0.717, 1.165) is 0 Å². The molecule has 2 aliphatic heterocycles. The number of benzene rings is 2. The van der Waals surface area contributed by atoms with Gasteiger partial charge in [-0.25, -0.2) is 0 Å². The van der Waals surface area contributed by atoms with Crippen molar-refractivity contribution in [3.8, 4) is 0 Å². The molecule has 1 saturated heterocycles. The summed E-state index contributed by atoms with van der Waals surface area (Å²) >= 11 is 4.38. The van der Waals surface area contributed by atoms with E-state index in [-0.39, 0.29) is 20.3 Å². The molecule has 0 spiro atoms. The number of hydrogen-bond donors (Lipinski definition) is 0. The van der Waals surface area contributed by atoms with Crippen LogP contribution in [0.3, 0.4) is 0 Å². The van der Waals surface area contributed by atoms with Crippen LogP contribution in [-0.4, -0.2) is 10.00 Å². The number of allylic oxidation sites excluding steroid dienone is 1. The Morgan fingerprint density at radius 1 is 0.750 bits per heavy atom. The summed E-state index contributed by atoms with van der Waals surface area (Å²) in [6, 6.07) is 18.5. The largest absolute Gasteiger partial charge is 0.133 e. The van der Waals surface area contributed by atoms with E-state index >= 15 is 0 Å².